The Morgan fingerprint density at radius 1 is 1.27 bits per heavy atom. The van der Waals surface area contributed by atoms with E-state index in [2.05, 4.69) is 21.0 Å². The van der Waals surface area contributed by atoms with E-state index >= 15 is 0 Å². The van der Waals surface area contributed by atoms with Gasteiger partial charge >= 0.3 is 0 Å². The zero-order valence-corrected chi connectivity index (χ0v) is 8.30. The van der Waals surface area contributed by atoms with Crippen molar-refractivity contribution in [1.82, 2.24) is 0 Å². The largest absolute Gasteiger partial charge is 0.387 e. The monoisotopic (exact) mass is 160 g/mol. The van der Waals surface area contributed by atoms with Gasteiger partial charge in [0, 0.05) is 0 Å². The van der Waals surface area contributed by atoms with Crippen molar-refractivity contribution in [2.45, 2.75) is 32.8 Å². The Bertz CT molecular complexity index is 102. The zero-order valence-electron chi connectivity index (χ0n) is 8.30. The fraction of sp³-hybridized carbons (Fsp3) is 1.00. The second-order valence-corrected chi connectivity index (χ2v) is 3.90. The number of aliphatic hydroxyl groups excluding tert-OH is 1. The fourth-order valence-electron chi connectivity index (χ4n) is 1.40. The summed E-state index contributed by atoms with van der Waals surface area (Å²) >= 11 is 0. The van der Waals surface area contributed by atoms with Crippen LogP contribution in [0, 0.1) is 0 Å². The summed E-state index contributed by atoms with van der Waals surface area (Å²) in [4.78, 5) is 0. The summed E-state index contributed by atoms with van der Waals surface area (Å²) in [7, 11) is 4.34. The van der Waals surface area contributed by atoms with Crippen molar-refractivity contribution in [3.05, 3.63) is 0 Å². The van der Waals surface area contributed by atoms with Crippen LogP contribution >= 0.6 is 0 Å². The summed E-state index contributed by atoms with van der Waals surface area (Å²) in [6.45, 7) is 6.23. The number of hydrogen-bond acceptors (Lipinski definition) is 1. The van der Waals surface area contributed by atoms with Gasteiger partial charge in [-0.1, -0.05) is 13.8 Å². The quantitative estimate of drug-likeness (QED) is 0.600. The van der Waals surface area contributed by atoms with Gasteiger partial charge in [-0.3, -0.25) is 0 Å². The van der Waals surface area contributed by atoms with E-state index in [1.54, 1.807) is 0 Å². The molecule has 0 saturated heterocycles. The zero-order chi connectivity index (χ0) is 8.91. The van der Waals surface area contributed by atoms with Crippen molar-refractivity contribution in [3.8, 4) is 0 Å². The van der Waals surface area contributed by atoms with Crippen LogP contribution in [0.15, 0.2) is 0 Å². The van der Waals surface area contributed by atoms with E-state index in [0.29, 0.717) is 0 Å². The minimum absolute atomic E-state index is 0.128. The molecule has 0 aromatic rings. The number of likely N-dealkylation sites (N-methyl/N-ethyl adjacent to an activating group) is 1. The Kier molecular flexibility index (Phi) is 4.69. The molecular weight excluding hydrogens is 138 g/mol. The van der Waals surface area contributed by atoms with Gasteiger partial charge in [0.1, 0.15) is 12.6 Å². The third kappa shape index (κ3) is 5.22. The molecule has 0 saturated carbocycles. The molecule has 0 fully saturated rings. The molecule has 0 rings (SSSR count). The van der Waals surface area contributed by atoms with Crippen LogP contribution in [0.4, 0.5) is 0 Å². The third-order valence-electron chi connectivity index (χ3n) is 2.01. The molecule has 11 heavy (non-hydrogen) atoms. The molecule has 0 aromatic carbocycles. The molecule has 2 heteroatoms. The minimum atomic E-state index is -0.128. The van der Waals surface area contributed by atoms with Crippen LogP contribution in [0.25, 0.3) is 0 Å². The maximum Gasteiger partial charge on any atom is 0.105 e. The average Bonchev–Trinajstić information content (AvgIpc) is 1.86. The van der Waals surface area contributed by atoms with Crippen molar-refractivity contribution >= 4 is 0 Å². The van der Waals surface area contributed by atoms with Gasteiger partial charge in [-0.05, 0) is 12.8 Å². The van der Waals surface area contributed by atoms with Crippen molar-refractivity contribution in [1.29, 1.82) is 0 Å². The predicted molar refractivity (Wildman–Crippen MR) is 48.4 cm³/mol. The first-order valence-corrected chi connectivity index (χ1v) is 4.52. The predicted octanol–water partition coefficient (Wildman–Crippen LogP) is 1.24. The molecule has 0 aliphatic carbocycles. The second-order valence-electron chi connectivity index (χ2n) is 3.90. The molecule has 0 amide bonds. The van der Waals surface area contributed by atoms with Crippen molar-refractivity contribution in [2.75, 3.05) is 27.2 Å². The van der Waals surface area contributed by atoms with Gasteiger partial charge in [-0.15, -0.1) is 0 Å². The maximum atomic E-state index is 9.40. The minimum Gasteiger partial charge on any atom is -0.387 e. The lowest BCUT2D eigenvalue weighted by Gasteiger charge is -2.31. The molecule has 0 bridgehead atoms. The number of aliphatic hydroxyl groups is 1. The standard InChI is InChI=1S/C9H22NO/c1-5-7-10(3,4)8-9(11)6-2/h9,11H,5-8H2,1-4H3/q+1. The number of rotatable bonds is 5. The van der Waals surface area contributed by atoms with Crippen LogP contribution in [0.5, 0.6) is 0 Å². The van der Waals surface area contributed by atoms with Crippen LogP contribution < -0.4 is 0 Å². The Morgan fingerprint density at radius 3 is 2.18 bits per heavy atom. The normalized spacial score (nSPS) is 15.0. The molecule has 0 heterocycles. The van der Waals surface area contributed by atoms with E-state index < -0.39 is 0 Å². The van der Waals surface area contributed by atoms with Gasteiger partial charge in [-0.25, -0.2) is 0 Å². The van der Waals surface area contributed by atoms with Crippen molar-refractivity contribution < 1.29 is 9.59 Å². The molecule has 2 nitrogen and oxygen atoms in total. The van der Waals surface area contributed by atoms with E-state index in [0.717, 1.165) is 24.0 Å². The molecule has 1 unspecified atom stereocenters. The van der Waals surface area contributed by atoms with Crippen molar-refractivity contribution in [3.63, 3.8) is 0 Å². The molecule has 0 spiro atoms. The van der Waals surface area contributed by atoms with Gasteiger partial charge in [-0.2, -0.15) is 0 Å². The average molecular weight is 160 g/mol. The van der Waals surface area contributed by atoms with Gasteiger partial charge < -0.3 is 9.59 Å². The smallest absolute Gasteiger partial charge is 0.105 e. The van der Waals surface area contributed by atoms with Crippen LogP contribution in [0.3, 0.4) is 0 Å². The van der Waals surface area contributed by atoms with E-state index in [4.69, 9.17) is 0 Å². The molecule has 0 radical (unpaired) electrons. The molecule has 0 aliphatic rings. The van der Waals surface area contributed by atoms with Gasteiger partial charge in [0.05, 0.1) is 20.6 Å². The SMILES string of the molecule is CCC[N+](C)(C)CC(O)CC. The van der Waals surface area contributed by atoms with Crippen LogP contribution in [0.1, 0.15) is 26.7 Å². The Labute approximate surface area is 70.4 Å². The number of hydrogen-bond donors (Lipinski definition) is 1. The Balaban J connectivity index is 3.70. The van der Waals surface area contributed by atoms with Crippen LogP contribution in [-0.2, 0) is 0 Å². The molecule has 1 N–H and O–H groups in total. The Hall–Kier alpha value is -0.0800. The summed E-state index contributed by atoms with van der Waals surface area (Å²) in [5.74, 6) is 0. The third-order valence-corrected chi connectivity index (χ3v) is 2.01. The van der Waals surface area contributed by atoms with Gasteiger partial charge in [0.15, 0.2) is 0 Å². The lowest BCUT2D eigenvalue weighted by atomic mass is 10.2. The fourth-order valence-corrected chi connectivity index (χ4v) is 1.40. The van der Waals surface area contributed by atoms with Crippen molar-refractivity contribution in [2.24, 2.45) is 0 Å². The lowest BCUT2D eigenvalue weighted by Crippen LogP contribution is -2.45. The lowest BCUT2D eigenvalue weighted by molar-refractivity contribution is -0.893. The second kappa shape index (κ2) is 4.73. The summed E-state index contributed by atoms with van der Waals surface area (Å²) in [6, 6.07) is 0. The van der Waals surface area contributed by atoms with E-state index in [1.807, 2.05) is 6.92 Å². The highest BCUT2D eigenvalue weighted by Crippen LogP contribution is 2.03. The maximum absolute atomic E-state index is 9.40. The summed E-state index contributed by atoms with van der Waals surface area (Å²) in [5, 5.41) is 9.40. The Morgan fingerprint density at radius 2 is 1.82 bits per heavy atom. The number of nitrogens with zero attached hydrogens (tertiary/aromatic N) is 1. The molecular formula is C9H22NO+. The highest BCUT2D eigenvalue weighted by atomic mass is 16.3. The van der Waals surface area contributed by atoms with Crippen LogP contribution in [-0.4, -0.2) is 42.9 Å². The molecule has 0 aliphatic heterocycles. The van der Waals surface area contributed by atoms with E-state index in [-0.39, 0.29) is 6.10 Å². The highest BCUT2D eigenvalue weighted by Gasteiger charge is 2.17. The highest BCUT2D eigenvalue weighted by molar-refractivity contribution is 4.49. The first-order valence-electron chi connectivity index (χ1n) is 4.52. The topological polar surface area (TPSA) is 20.2 Å². The number of quaternary nitrogens is 1. The van der Waals surface area contributed by atoms with Gasteiger partial charge in [0.2, 0.25) is 0 Å². The first kappa shape index (κ1) is 10.9. The summed E-state index contributed by atoms with van der Waals surface area (Å²) in [6.07, 6.45) is 1.92. The summed E-state index contributed by atoms with van der Waals surface area (Å²) in [5.41, 5.74) is 0. The molecule has 68 valence electrons. The van der Waals surface area contributed by atoms with E-state index in [1.165, 1.54) is 6.42 Å². The molecule has 0 aromatic heterocycles. The van der Waals surface area contributed by atoms with Crippen LogP contribution in [0.2, 0.25) is 0 Å². The summed E-state index contributed by atoms with van der Waals surface area (Å²) < 4.78 is 0.936. The van der Waals surface area contributed by atoms with E-state index in [9.17, 15) is 5.11 Å². The molecule has 1 atom stereocenters. The van der Waals surface area contributed by atoms with Gasteiger partial charge in [0.25, 0.3) is 0 Å². The first-order chi connectivity index (χ1) is 5.02.